The molecule has 18 atom stereocenters. The molecule has 0 spiro atoms. The lowest BCUT2D eigenvalue weighted by Gasteiger charge is -2.49. The second kappa shape index (κ2) is 49.5. The van der Waals surface area contributed by atoms with Gasteiger partial charge in [-0.15, -0.1) is 0 Å². The Labute approximate surface area is 542 Å². The number of ether oxygens (including phenoxy) is 7. The first kappa shape index (κ1) is 83.2. The van der Waals surface area contributed by atoms with Crippen LogP contribution in [0.2, 0.25) is 0 Å². The maximum Gasteiger partial charge on any atom is 0.472 e. The van der Waals surface area contributed by atoms with Gasteiger partial charge in [0, 0.05) is 19.3 Å². The molecule has 2 heterocycles. The van der Waals surface area contributed by atoms with Gasteiger partial charge in [-0.05, 0) is 19.3 Å². The van der Waals surface area contributed by atoms with E-state index in [-0.39, 0.29) is 19.3 Å². The van der Waals surface area contributed by atoms with Gasteiger partial charge in [0.2, 0.25) is 0 Å². The summed E-state index contributed by atoms with van der Waals surface area (Å²) < 4.78 is 64.8. The monoisotopic (exact) mass is 1330 g/mol. The Bertz CT molecular complexity index is 1910. The topological polar surface area (TPSA) is 374 Å². The maximum atomic E-state index is 14.3. The molecule has 1 aliphatic carbocycles. The van der Waals surface area contributed by atoms with Gasteiger partial charge in [-0.25, -0.2) is 4.57 Å². The van der Waals surface area contributed by atoms with Crippen LogP contribution >= 0.6 is 7.82 Å². The SMILES string of the molecule is CCCCCCCCCCCCCCC(=O)OCC(COP(=O)(O)OC1C(OC2OC(CO)C(O)C(O)C2O)C(O)C(O)C(O)C1OC1OC(COC(=O)CCCCCCCCCCCCCC)C(O)C(O)C1O)OC(=O)CCCCCCCCCCCCCC. The third-order valence-corrected chi connectivity index (χ3v) is 18.6. The van der Waals surface area contributed by atoms with E-state index in [2.05, 4.69) is 20.8 Å². The molecule has 0 aromatic rings. The van der Waals surface area contributed by atoms with E-state index in [1.54, 1.807) is 0 Å². The summed E-state index contributed by atoms with van der Waals surface area (Å²) in [6.07, 6.45) is 3.51. The first-order valence-electron chi connectivity index (χ1n) is 35.3. The van der Waals surface area contributed by atoms with Gasteiger partial charge in [0.05, 0.1) is 13.2 Å². The Morgan fingerprint density at radius 1 is 0.385 bits per heavy atom. The average Bonchev–Trinajstić information content (AvgIpc) is 0.782. The highest BCUT2D eigenvalue weighted by molar-refractivity contribution is 7.47. The van der Waals surface area contributed by atoms with Crippen molar-refractivity contribution >= 4 is 25.7 Å². The number of phosphoric acid groups is 1. The zero-order chi connectivity index (χ0) is 66.8. The quantitative estimate of drug-likeness (QED) is 0.0118. The fourth-order valence-corrected chi connectivity index (χ4v) is 12.8. The molecule has 11 N–H and O–H groups in total. The number of rotatable bonds is 54. The predicted octanol–water partition coefficient (Wildman–Crippen LogP) is 8.23. The van der Waals surface area contributed by atoms with Gasteiger partial charge in [-0.3, -0.25) is 23.4 Å². The Morgan fingerprint density at radius 2 is 0.703 bits per heavy atom. The predicted molar refractivity (Wildman–Crippen MR) is 338 cm³/mol. The van der Waals surface area contributed by atoms with Gasteiger partial charge in [0.15, 0.2) is 18.7 Å². The summed E-state index contributed by atoms with van der Waals surface area (Å²) in [6, 6.07) is 0. The largest absolute Gasteiger partial charge is 0.472 e. The van der Waals surface area contributed by atoms with Crippen LogP contribution in [0, 0.1) is 0 Å². The summed E-state index contributed by atoms with van der Waals surface area (Å²) in [7, 11) is -5.68. The molecule has 0 aromatic carbocycles. The van der Waals surface area contributed by atoms with Gasteiger partial charge in [0.1, 0.15) is 98.7 Å². The third-order valence-electron chi connectivity index (χ3n) is 17.6. The molecule has 0 aromatic heterocycles. The minimum absolute atomic E-state index is 0.0330. The lowest BCUT2D eigenvalue weighted by atomic mass is 9.84. The van der Waals surface area contributed by atoms with E-state index < -0.39 is 156 Å². The van der Waals surface area contributed by atoms with Crippen LogP contribution in [-0.4, -0.2) is 204 Å². The van der Waals surface area contributed by atoms with E-state index in [1.165, 1.54) is 116 Å². The van der Waals surface area contributed by atoms with E-state index in [4.69, 9.17) is 42.2 Å². The van der Waals surface area contributed by atoms with Crippen LogP contribution in [0.1, 0.15) is 271 Å². The Hall–Kier alpha value is -2.04. The number of hydrogen-bond acceptors (Lipinski definition) is 23. The molecule has 0 bridgehead atoms. The second-order valence-corrected chi connectivity index (χ2v) is 27.0. The summed E-state index contributed by atoms with van der Waals surface area (Å²) >= 11 is 0. The van der Waals surface area contributed by atoms with Gasteiger partial charge < -0.3 is 89.1 Å². The number of aliphatic hydroxyl groups excluding tert-OH is 10. The highest BCUT2D eigenvalue weighted by Gasteiger charge is 2.58. The van der Waals surface area contributed by atoms with E-state index in [0.717, 1.165) is 96.3 Å². The zero-order valence-corrected chi connectivity index (χ0v) is 56.3. The van der Waals surface area contributed by atoms with Crippen LogP contribution in [0.15, 0.2) is 0 Å². The first-order valence-corrected chi connectivity index (χ1v) is 36.8. The number of carbonyl (C=O) groups excluding carboxylic acids is 3. The smallest absolute Gasteiger partial charge is 0.463 e. The van der Waals surface area contributed by atoms with E-state index in [0.29, 0.717) is 19.3 Å². The summed E-state index contributed by atoms with van der Waals surface area (Å²) in [5.41, 5.74) is 0. The molecular formula is C66H123O24P. The standard InChI is InChI=1S/C66H123O24P/c1-4-7-10-13-16-19-22-25-28-31-34-37-40-50(68)82-44-47(85-52(70)42-39-36-33-30-27-24-21-18-15-12-9-6-3)45-84-91(80,81)90-64-62(88-65-60(78)55(73)53(71)48(43-67)86-65)58(76)57(75)59(77)63(64)89-66-61(79)56(74)54(72)49(87-66)46-83-51(69)41-38-35-32-29-26-23-20-17-14-11-8-5-2/h47-49,53-67,71-79H,4-46H2,1-3H3,(H,80,81). The van der Waals surface area contributed by atoms with Gasteiger partial charge >= 0.3 is 25.7 Å². The summed E-state index contributed by atoms with van der Waals surface area (Å²) in [5.74, 6) is -1.98. The third kappa shape index (κ3) is 33.7. The minimum Gasteiger partial charge on any atom is -0.463 e. The molecule has 0 amide bonds. The zero-order valence-electron chi connectivity index (χ0n) is 55.4. The van der Waals surface area contributed by atoms with E-state index in [9.17, 15) is 74.9 Å². The summed E-state index contributed by atoms with van der Waals surface area (Å²) in [4.78, 5) is 50.8. The molecular weight excluding hydrogens is 1210 g/mol. The highest BCUT2D eigenvalue weighted by atomic mass is 31.2. The normalized spacial score (nSPS) is 28.8. The van der Waals surface area contributed by atoms with Gasteiger partial charge in [0.25, 0.3) is 0 Å². The Morgan fingerprint density at radius 3 is 1.08 bits per heavy atom. The summed E-state index contributed by atoms with van der Waals surface area (Å²) in [6.45, 7) is 3.41. The highest BCUT2D eigenvalue weighted by Crippen LogP contribution is 2.49. The fourth-order valence-electron chi connectivity index (χ4n) is 11.8. The molecule has 536 valence electrons. The van der Waals surface area contributed by atoms with Crippen molar-refractivity contribution in [1.82, 2.24) is 0 Å². The van der Waals surface area contributed by atoms with Crippen molar-refractivity contribution in [2.24, 2.45) is 0 Å². The van der Waals surface area contributed by atoms with Crippen LogP contribution < -0.4 is 0 Å². The maximum absolute atomic E-state index is 14.3. The van der Waals surface area contributed by atoms with Crippen LogP contribution in [0.3, 0.4) is 0 Å². The molecule has 3 aliphatic rings. The van der Waals surface area contributed by atoms with Crippen molar-refractivity contribution in [3.63, 3.8) is 0 Å². The molecule has 18 unspecified atom stereocenters. The van der Waals surface area contributed by atoms with Crippen LogP contribution in [0.4, 0.5) is 0 Å². The number of unbranched alkanes of at least 4 members (excludes halogenated alkanes) is 33. The van der Waals surface area contributed by atoms with Gasteiger partial charge in [-0.2, -0.15) is 0 Å². The van der Waals surface area contributed by atoms with Crippen molar-refractivity contribution in [3.8, 4) is 0 Å². The van der Waals surface area contributed by atoms with Crippen LogP contribution in [0.25, 0.3) is 0 Å². The van der Waals surface area contributed by atoms with Crippen LogP contribution in [0.5, 0.6) is 0 Å². The molecule has 3 fully saturated rings. The average molecular weight is 1330 g/mol. The lowest BCUT2D eigenvalue weighted by Crippen LogP contribution is -2.69. The van der Waals surface area contributed by atoms with E-state index >= 15 is 0 Å². The molecule has 91 heavy (non-hydrogen) atoms. The van der Waals surface area contributed by atoms with Crippen molar-refractivity contribution in [2.45, 2.75) is 375 Å². The van der Waals surface area contributed by atoms with Crippen molar-refractivity contribution in [2.75, 3.05) is 26.4 Å². The first-order chi connectivity index (χ1) is 43.8. The molecule has 2 saturated heterocycles. The summed E-state index contributed by atoms with van der Waals surface area (Å²) in [5, 5.41) is 110. The van der Waals surface area contributed by atoms with E-state index in [1.807, 2.05) is 0 Å². The lowest BCUT2D eigenvalue weighted by molar-refractivity contribution is -0.360. The number of phosphoric ester groups is 1. The number of carbonyl (C=O) groups is 3. The molecule has 25 heteroatoms. The number of hydrogen-bond donors (Lipinski definition) is 11. The molecule has 0 radical (unpaired) electrons. The van der Waals surface area contributed by atoms with Crippen molar-refractivity contribution in [1.29, 1.82) is 0 Å². The molecule has 24 nitrogen and oxygen atoms in total. The van der Waals surface area contributed by atoms with Gasteiger partial charge in [-0.1, -0.05) is 233 Å². The fraction of sp³-hybridized carbons (Fsp3) is 0.955. The van der Waals surface area contributed by atoms with Crippen molar-refractivity contribution in [3.05, 3.63) is 0 Å². The Balaban J connectivity index is 1.77. The molecule has 3 rings (SSSR count). The number of aliphatic hydroxyl groups is 10. The number of esters is 3. The molecule has 2 aliphatic heterocycles. The van der Waals surface area contributed by atoms with Crippen molar-refractivity contribution < 1.29 is 117 Å². The van der Waals surface area contributed by atoms with Crippen LogP contribution in [-0.2, 0) is 61.2 Å². The molecule has 1 saturated carbocycles. The minimum atomic E-state index is -5.68. The second-order valence-electron chi connectivity index (χ2n) is 25.6. The Kier molecular flexibility index (Phi) is 45.2.